The summed E-state index contributed by atoms with van der Waals surface area (Å²) in [5.74, 6) is 1.27. The predicted octanol–water partition coefficient (Wildman–Crippen LogP) is 13.1. The smallest absolute Gasteiger partial charge is 0.264 e. The first-order valence-corrected chi connectivity index (χ1v) is 18.1. The van der Waals surface area contributed by atoms with Crippen LogP contribution in [0.25, 0.3) is 43.6 Å². The number of nitrogens with zero attached hydrogens (tertiary/aromatic N) is 4. The van der Waals surface area contributed by atoms with E-state index in [0.29, 0.717) is 17.8 Å². The summed E-state index contributed by atoms with van der Waals surface area (Å²) >= 11 is 0. The van der Waals surface area contributed by atoms with Crippen LogP contribution in [0.15, 0.2) is 110 Å². The Labute approximate surface area is 301 Å². The predicted molar refractivity (Wildman–Crippen MR) is 211 cm³/mol. The molecule has 0 saturated heterocycles. The van der Waals surface area contributed by atoms with Gasteiger partial charge in [0.2, 0.25) is 0 Å². The van der Waals surface area contributed by atoms with E-state index in [9.17, 15) is 8.78 Å². The molecule has 3 aromatic heterocycles. The number of hydrogen-bond acceptors (Lipinski definition) is 3. The minimum Gasteiger partial charge on any atom is -0.275 e. The van der Waals surface area contributed by atoms with Crippen LogP contribution in [0.5, 0.6) is 0 Å². The van der Waals surface area contributed by atoms with E-state index in [4.69, 9.17) is 0 Å². The molecule has 0 aliphatic heterocycles. The number of fused-ring (bicyclic) bond motifs is 3. The van der Waals surface area contributed by atoms with Crippen LogP contribution < -0.4 is 0 Å². The van der Waals surface area contributed by atoms with Crippen LogP contribution in [0.4, 0.5) is 8.78 Å². The normalized spacial score (nSPS) is 12.4. The van der Waals surface area contributed by atoms with E-state index in [-0.39, 0.29) is 5.56 Å². The molecule has 264 valence electrons. The van der Waals surface area contributed by atoms with E-state index in [2.05, 4.69) is 98.2 Å². The largest absolute Gasteiger partial charge is 0.275 e. The van der Waals surface area contributed by atoms with E-state index < -0.39 is 6.43 Å². The van der Waals surface area contributed by atoms with E-state index in [0.717, 1.165) is 46.0 Å². The van der Waals surface area contributed by atoms with Gasteiger partial charge in [-0.25, -0.2) is 8.78 Å². The van der Waals surface area contributed by atoms with Gasteiger partial charge in [0.1, 0.15) is 0 Å². The molecule has 4 aromatic carbocycles. The summed E-state index contributed by atoms with van der Waals surface area (Å²) in [7, 11) is 1.91. The van der Waals surface area contributed by atoms with Crippen molar-refractivity contribution in [1.29, 1.82) is 0 Å². The summed E-state index contributed by atoms with van der Waals surface area (Å²) in [6, 6.07) is 26.7. The van der Waals surface area contributed by atoms with Gasteiger partial charge in [-0.3, -0.25) is 14.6 Å². The molecule has 6 heteroatoms. The fraction of sp³-hybridized carbons (Fsp3) is 0.311. The van der Waals surface area contributed by atoms with Crippen molar-refractivity contribution in [3.05, 3.63) is 138 Å². The highest BCUT2D eigenvalue weighted by atomic mass is 19.3. The topological polar surface area (TPSA) is 43.6 Å². The first-order chi connectivity index (χ1) is 24.6. The molecule has 3 heterocycles. The number of halogens is 2. The summed E-state index contributed by atoms with van der Waals surface area (Å²) < 4.78 is 28.3. The molecule has 0 bridgehead atoms. The lowest BCUT2D eigenvalue weighted by Crippen LogP contribution is -1.96. The van der Waals surface area contributed by atoms with E-state index >= 15 is 0 Å². The summed E-state index contributed by atoms with van der Waals surface area (Å²) in [4.78, 5) is 8.65. The van der Waals surface area contributed by atoms with Crippen molar-refractivity contribution in [3.8, 4) is 11.3 Å². The lowest BCUT2D eigenvalue weighted by Gasteiger charge is -2.15. The quantitative estimate of drug-likeness (QED) is 0.181. The van der Waals surface area contributed by atoms with Gasteiger partial charge in [0.05, 0.1) is 11.9 Å². The van der Waals surface area contributed by atoms with Crippen molar-refractivity contribution in [3.63, 3.8) is 0 Å². The molecule has 0 radical (unpaired) electrons. The summed E-state index contributed by atoms with van der Waals surface area (Å²) in [5, 5.41) is 11.2. The molecule has 8 rings (SSSR count). The molecule has 1 aliphatic carbocycles. The second-order valence-corrected chi connectivity index (χ2v) is 13.6. The first kappa shape index (κ1) is 37.3. The third-order valence-corrected chi connectivity index (χ3v) is 9.31. The highest BCUT2D eigenvalue weighted by Crippen LogP contribution is 2.45. The summed E-state index contributed by atoms with van der Waals surface area (Å²) in [5.41, 5.74) is 6.92. The van der Waals surface area contributed by atoms with Crippen LogP contribution in [-0.2, 0) is 7.05 Å². The third-order valence-electron chi connectivity index (χ3n) is 9.31. The van der Waals surface area contributed by atoms with Crippen LogP contribution in [0, 0.1) is 6.92 Å². The number of benzene rings is 4. The van der Waals surface area contributed by atoms with Gasteiger partial charge in [0, 0.05) is 53.7 Å². The average Bonchev–Trinajstić information content (AvgIpc) is 3.90. The van der Waals surface area contributed by atoms with Gasteiger partial charge in [-0.05, 0) is 99.5 Å². The minimum atomic E-state index is -2.37. The van der Waals surface area contributed by atoms with Crippen molar-refractivity contribution in [1.82, 2.24) is 19.7 Å². The molecule has 0 atom stereocenters. The number of alkyl halides is 2. The highest BCUT2D eigenvalue weighted by molar-refractivity contribution is 5.89. The molecule has 0 N–H and O–H groups in total. The Kier molecular flexibility index (Phi) is 12.3. The molecule has 0 amide bonds. The average molecular weight is 685 g/mol. The Bertz CT molecular complexity index is 2210. The SMILES string of the molecule is CC.CC(C)c1cccc2cc(C3CC3)c(C(F)F)cc12.CC(C)c1cccc2ccncc12.Cc1cccc2cc(-c3cnn(C)c3)ncc12. The fourth-order valence-corrected chi connectivity index (χ4v) is 6.50. The molecular formula is C45H50F2N4. The minimum absolute atomic E-state index is 0.239. The van der Waals surface area contributed by atoms with E-state index in [1.165, 1.54) is 32.7 Å². The lowest BCUT2D eigenvalue weighted by atomic mass is 9.91. The van der Waals surface area contributed by atoms with Crippen LogP contribution in [0.1, 0.15) is 106 Å². The first-order valence-electron chi connectivity index (χ1n) is 18.1. The fourth-order valence-electron chi connectivity index (χ4n) is 6.50. The van der Waals surface area contributed by atoms with Crippen molar-refractivity contribution in [2.45, 2.75) is 85.5 Å². The van der Waals surface area contributed by atoms with Crippen LogP contribution >= 0.6 is 0 Å². The van der Waals surface area contributed by atoms with Gasteiger partial charge < -0.3 is 0 Å². The zero-order valence-electron chi connectivity index (χ0n) is 31.2. The monoisotopic (exact) mass is 684 g/mol. The molecule has 0 spiro atoms. The Balaban J connectivity index is 0.000000147. The Morgan fingerprint density at radius 3 is 1.92 bits per heavy atom. The van der Waals surface area contributed by atoms with Crippen LogP contribution in [-0.4, -0.2) is 19.7 Å². The van der Waals surface area contributed by atoms with Crippen molar-refractivity contribution in [2.24, 2.45) is 7.05 Å². The van der Waals surface area contributed by atoms with Gasteiger partial charge >= 0.3 is 0 Å². The number of aryl methyl sites for hydroxylation is 2. The molecule has 1 saturated carbocycles. The van der Waals surface area contributed by atoms with Crippen molar-refractivity contribution >= 4 is 32.3 Å². The molecule has 1 aliphatic rings. The van der Waals surface area contributed by atoms with Gasteiger partial charge in [0.25, 0.3) is 6.43 Å². The Morgan fingerprint density at radius 2 is 1.31 bits per heavy atom. The maximum atomic E-state index is 13.3. The van der Waals surface area contributed by atoms with Crippen molar-refractivity contribution in [2.75, 3.05) is 0 Å². The zero-order chi connectivity index (χ0) is 36.7. The summed E-state index contributed by atoms with van der Waals surface area (Å²) in [6.45, 7) is 14.7. The summed E-state index contributed by atoms with van der Waals surface area (Å²) in [6.07, 6.45) is 9.27. The van der Waals surface area contributed by atoms with Crippen LogP contribution in [0.2, 0.25) is 0 Å². The standard InChI is InChI=1S/C17H18F2.C14H13N3.C12H13N.C2H6/c1-10(2)13-5-3-4-12-8-14(11-6-7-11)16(17(18)19)9-15(12)13;1-10-4-3-5-11-6-14(15-8-13(10)11)12-7-16-17(2)9-12;1-9(2)11-5-3-4-10-6-7-13-8-12(10)11;1-2/h3-5,8-11,17H,6-7H2,1-2H3;3-9H,1-2H3;3-9H,1-2H3;1-2H3. The van der Waals surface area contributed by atoms with Gasteiger partial charge in [-0.1, -0.05) is 102 Å². The molecule has 4 nitrogen and oxygen atoms in total. The van der Waals surface area contributed by atoms with E-state index in [1.807, 2.05) is 76.1 Å². The zero-order valence-corrected chi connectivity index (χ0v) is 31.2. The lowest BCUT2D eigenvalue weighted by molar-refractivity contribution is 0.150. The number of pyridine rings is 2. The molecule has 7 aromatic rings. The second kappa shape index (κ2) is 16.8. The maximum absolute atomic E-state index is 13.3. The van der Waals surface area contributed by atoms with Gasteiger partial charge in [0.15, 0.2) is 0 Å². The van der Waals surface area contributed by atoms with Crippen LogP contribution in [0.3, 0.4) is 0 Å². The van der Waals surface area contributed by atoms with Gasteiger partial charge in [-0.2, -0.15) is 5.10 Å². The third kappa shape index (κ3) is 8.86. The number of hydrogen-bond donors (Lipinski definition) is 0. The number of rotatable bonds is 5. The molecular weight excluding hydrogens is 635 g/mol. The molecule has 1 fully saturated rings. The maximum Gasteiger partial charge on any atom is 0.264 e. The number of aromatic nitrogens is 4. The molecule has 51 heavy (non-hydrogen) atoms. The highest BCUT2D eigenvalue weighted by Gasteiger charge is 2.29. The Morgan fingerprint density at radius 1 is 0.686 bits per heavy atom. The molecule has 0 unspecified atom stereocenters. The Hall–Kier alpha value is -4.97. The second-order valence-electron chi connectivity index (χ2n) is 13.6. The van der Waals surface area contributed by atoms with E-state index in [1.54, 1.807) is 10.7 Å². The van der Waals surface area contributed by atoms with Crippen molar-refractivity contribution < 1.29 is 8.78 Å². The van der Waals surface area contributed by atoms with Gasteiger partial charge in [-0.15, -0.1) is 0 Å².